The standard InChI is InChI=1S/C20H21N3OS/c1-22(2)19(24)18(16-12-8-5-9-13-16)25-20-21-14-17(23(20)3)15-10-6-4-7-11-15/h4-14,18H,1-3H3/t18-/m0/s1. The summed E-state index contributed by atoms with van der Waals surface area (Å²) < 4.78 is 2.04. The largest absolute Gasteiger partial charge is 0.348 e. The molecule has 0 spiro atoms. The van der Waals surface area contributed by atoms with E-state index in [9.17, 15) is 4.79 Å². The third-order valence-corrected chi connectivity index (χ3v) is 5.31. The third-order valence-electron chi connectivity index (χ3n) is 4.01. The zero-order chi connectivity index (χ0) is 17.8. The molecular weight excluding hydrogens is 330 g/mol. The molecule has 0 fully saturated rings. The number of aromatic nitrogens is 2. The maximum absolute atomic E-state index is 12.7. The number of rotatable bonds is 5. The van der Waals surface area contributed by atoms with Crippen molar-refractivity contribution in [3.8, 4) is 11.3 Å². The number of imidazole rings is 1. The summed E-state index contributed by atoms with van der Waals surface area (Å²) >= 11 is 1.48. The highest BCUT2D eigenvalue weighted by Gasteiger charge is 2.25. The van der Waals surface area contributed by atoms with Crippen molar-refractivity contribution in [3.05, 3.63) is 72.4 Å². The number of carbonyl (C=O) groups is 1. The smallest absolute Gasteiger partial charge is 0.240 e. The molecule has 1 aromatic heterocycles. The summed E-state index contributed by atoms with van der Waals surface area (Å²) in [5, 5.41) is 0.504. The van der Waals surface area contributed by atoms with Crippen LogP contribution in [0.1, 0.15) is 10.8 Å². The Hall–Kier alpha value is -2.53. The van der Waals surface area contributed by atoms with E-state index in [0.717, 1.165) is 22.0 Å². The maximum atomic E-state index is 12.7. The van der Waals surface area contributed by atoms with Gasteiger partial charge in [-0.25, -0.2) is 4.98 Å². The predicted octanol–water partition coefficient (Wildman–Crippen LogP) is 4.01. The molecule has 4 nitrogen and oxygen atoms in total. The number of carbonyl (C=O) groups excluding carboxylic acids is 1. The Morgan fingerprint density at radius 2 is 1.64 bits per heavy atom. The van der Waals surface area contributed by atoms with Crippen molar-refractivity contribution < 1.29 is 4.79 Å². The Morgan fingerprint density at radius 3 is 2.24 bits per heavy atom. The van der Waals surface area contributed by atoms with Crippen LogP contribution in [0.3, 0.4) is 0 Å². The molecule has 1 atom stereocenters. The molecule has 1 amide bonds. The van der Waals surface area contributed by atoms with Crippen LogP contribution in [0.4, 0.5) is 0 Å². The topological polar surface area (TPSA) is 38.1 Å². The van der Waals surface area contributed by atoms with E-state index in [2.05, 4.69) is 17.1 Å². The minimum Gasteiger partial charge on any atom is -0.348 e. The summed E-state index contributed by atoms with van der Waals surface area (Å²) in [7, 11) is 5.55. The number of thioether (sulfide) groups is 1. The summed E-state index contributed by atoms with van der Waals surface area (Å²) in [5.74, 6) is 0.0560. The molecule has 25 heavy (non-hydrogen) atoms. The molecule has 3 aromatic rings. The van der Waals surface area contributed by atoms with Gasteiger partial charge in [-0.3, -0.25) is 4.79 Å². The Balaban J connectivity index is 1.93. The highest BCUT2D eigenvalue weighted by Crippen LogP contribution is 2.37. The highest BCUT2D eigenvalue weighted by atomic mass is 32.2. The first-order chi connectivity index (χ1) is 12.1. The van der Waals surface area contributed by atoms with Crippen molar-refractivity contribution in [2.45, 2.75) is 10.4 Å². The van der Waals surface area contributed by atoms with E-state index in [1.165, 1.54) is 11.8 Å². The number of hydrogen-bond donors (Lipinski definition) is 0. The lowest BCUT2D eigenvalue weighted by atomic mass is 10.1. The fourth-order valence-electron chi connectivity index (χ4n) is 2.61. The first-order valence-corrected chi connectivity index (χ1v) is 8.96. The van der Waals surface area contributed by atoms with Gasteiger partial charge in [-0.15, -0.1) is 0 Å². The van der Waals surface area contributed by atoms with Crippen LogP contribution in [-0.4, -0.2) is 34.5 Å². The molecular formula is C20H21N3OS. The van der Waals surface area contributed by atoms with E-state index in [4.69, 9.17) is 0 Å². The molecule has 128 valence electrons. The second-order valence-electron chi connectivity index (χ2n) is 5.99. The van der Waals surface area contributed by atoms with Crippen molar-refractivity contribution in [1.29, 1.82) is 0 Å². The summed E-state index contributed by atoms with van der Waals surface area (Å²) in [6.45, 7) is 0. The molecule has 0 aliphatic carbocycles. The fraction of sp³-hybridized carbons (Fsp3) is 0.200. The van der Waals surface area contributed by atoms with Crippen molar-refractivity contribution in [2.24, 2.45) is 7.05 Å². The fourth-order valence-corrected chi connectivity index (χ4v) is 3.79. The van der Waals surface area contributed by atoms with Crippen LogP contribution >= 0.6 is 11.8 Å². The Labute approximate surface area is 152 Å². The van der Waals surface area contributed by atoms with Gasteiger partial charge in [0.15, 0.2) is 5.16 Å². The van der Waals surface area contributed by atoms with Gasteiger partial charge in [0.2, 0.25) is 5.91 Å². The molecule has 3 rings (SSSR count). The Morgan fingerprint density at radius 1 is 1.04 bits per heavy atom. The quantitative estimate of drug-likeness (QED) is 0.652. The monoisotopic (exact) mass is 351 g/mol. The molecule has 0 aliphatic heterocycles. The van der Waals surface area contributed by atoms with Crippen LogP contribution in [0.2, 0.25) is 0 Å². The Bertz CT molecular complexity index is 844. The lowest BCUT2D eigenvalue weighted by Gasteiger charge is -2.20. The van der Waals surface area contributed by atoms with Gasteiger partial charge in [-0.05, 0) is 11.1 Å². The molecule has 0 saturated heterocycles. The van der Waals surface area contributed by atoms with Crippen LogP contribution in [0.15, 0.2) is 72.0 Å². The zero-order valence-corrected chi connectivity index (χ0v) is 15.4. The average molecular weight is 351 g/mol. The van der Waals surface area contributed by atoms with Gasteiger partial charge in [-0.1, -0.05) is 72.4 Å². The van der Waals surface area contributed by atoms with Crippen LogP contribution in [0.5, 0.6) is 0 Å². The lowest BCUT2D eigenvalue weighted by molar-refractivity contribution is -0.128. The first kappa shape index (κ1) is 17.3. The second kappa shape index (κ2) is 7.57. The van der Waals surface area contributed by atoms with E-state index in [1.807, 2.05) is 66.3 Å². The third kappa shape index (κ3) is 3.77. The first-order valence-electron chi connectivity index (χ1n) is 8.08. The molecule has 1 heterocycles. The minimum absolute atomic E-state index is 0.0560. The number of benzene rings is 2. The number of hydrogen-bond acceptors (Lipinski definition) is 3. The van der Waals surface area contributed by atoms with E-state index < -0.39 is 0 Å². The predicted molar refractivity (Wildman–Crippen MR) is 102 cm³/mol. The summed E-state index contributed by atoms with van der Waals surface area (Å²) in [5.41, 5.74) is 3.13. The van der Waals surface area contributed by atoms with Gasteiger partial charge in [-0.2, -0.15) is 0 Å². The molecule has 0 unspecified atom stereocenters. The van der Waals surface area contributed by atoms with Crippen LogP contribution in [0.25, 0.3) is 11.3 Å². The second-order valence-corrected chi connectivity index (χ2v) is 7.06. The normalized spacial score (nSPS) is 12.0. The number of amides is 1. The Kier molecular flexibility index (Phi) is 5.24. The van der Waals surface area contributed by atoms with E-state index in [1.54, 1.807) is 19.0 Å². The molecule has 0 saturated carbocycles. The lowest BCUT2D eigenvalue weighted by Crippen LogP contribution is -2.26. The molecule has 0 radical (unpaired) electrons. The summed E-state index contributed by atoms with van der Waals surface area (Å²) in [4.78, 5) is 18.9. The molecule has 0 bridgehead atoms. The average Bonchev–Trinajstić information content (AvgIpc) is 3.01. The van der Waals surface area contributed by atoms with Gasteiger partial charge in [0, 0.05) is 21.1 Å². The van der Waals surface area contributed by atoms with Crippen LogP contribution in [-0.2, 0) is 11.8 Å². The van der Waals surface area contributed by atoms with E-state index in [-0.39, 0.29) is 11.2 Å². The molecule has 5 heteroatoms. The van der Waals surface area contributed by atoms with Gasteiger partial charge in [0.25, 0.3) is 0 Å². The zero-order valence-electron chi connectivity index (χ0n) is 14.6. The van der Waals surface area contributed by atoms with E-state index >= 15 is 0 Å². The van der Waals surface area contributed by atoms with Gasteiger partial charge in [0.1, 0.15) is 5.25 Å². The van der Waals surface area contributed by atoms with Gasteiger partial charge in [0.05, 0.1) is 11.9 Å². The highest BCUT2D eigenvalue weighted by molar-refractivity contribution is 8.00. The van der Waals surface area contributed by atoms with Crippen molar-refractivity contribution in [1.82, 2.24) is 14.5 Å². The molecule has 2 aromatic carbocycles. The SMILES string of the molecule is CN(C)C(=O)[C@@H](Sc1ncc(-c2ccccc2)n1C)c1ccccc1. The van der Waals surface area contributed by atoms with E-state index in [0.29, 0.717) is 0 Å². The van der Waals surface area contributed by atoms with Gasteiger partial charge < -0.3 is 9.47 Å². The van der Waals surface area contributed by atoms with Crippen molar-refractivity contribution >= 4 is 17.7 Å². The summed E-state index contributed by atoms with van der Waals surface area (Å²) in [6, 6.07) is 20.0. The minimum atomic E-state index is -0.319. The van der Waals surface area contributed by atoms with Crippen molar-refractivity contribution in [2.75, 3.05) is 14.1 Å². The number of likely N-dealkylation sites (N-methyl/N-ethyl adjacent to an activating group) is 1. The van der Waals surface area contributed by atoms with Crippen LogP contribution in [0, 0.1) is 0 Å². The molecule has 0 aliphatic rings. The maximum Gasteiger partial charge on any atom is 0.240 e. The molecule has 0 N–H and O–H groups in total. The summed E-state index contributed by atoms with van der Waals surface area (Å²) in [6.07, 6.45) is 1.86. The number of nitrogens with zero attached hydrogens (tertiary/aromatic N) is 3. The van der Waals surface area contributed by atoms with Gasteiger partial charge >= 0.3 is 0 Å². The van der Waals surface area contributed by atoms with Crippen molar-refractivity contribution in [3.63, 3.8) is 0 Å². The van der Waals surface area contributed by atoms with Crippen LogP contribution < -0.4 is 0 Å².